The van der Waals surface area contributed by atoms with Crippen molar-refractivity contribution in [2.45, 2.75) is 38.2 Å². The maximum absolute atomic E-state index is 12.2. The van der Waals surface area contributed by atoms with E-state index in [2.05, 4.69) is 15.3 Å². The zero-order valence-electron chi connectivity index (χ0n) is 12.5. The van der Waals surface area contributed by atoms with Crippen molar-refractivity contribution in [3.05, 3.63) is 36.2 Å². The minimum Gasteiger partial charge on any atom is -0.391 e. The summed E-state index contributed by atoms with van der Waals surface area (Å²) in [7, 11) is 0. The van der Waals surface area contributed by atoms with E-state index in [1.165, 1.54) is 25.5 Å². The molecule has 116 valence electrons. The molecule has 1 aliphatic rings. The van der Waals surface area contributed by atoms with E-state index in [4.69, 9.17) is 0 Å². The maximum atomic E-state index is 12.2. The van der Waals surface area contributed by atoms with E-state index in [1.54, 1.807) is 0 Å². The lowest BCUT2D eigenvalue weighted by Gasteiger charge is -2.26. The molecule has 1 amide bonds. The number of aliphatic hydroxyl groups excluding tert-OH is 1. The zero-order chi connectivity index (χ0) is 15.4. The van der Waals surface area contributed by atoms with Crippen LogP contribution in [0.4, 0.5) is 0 Å². The molecule has 0 unspecified atom stereocenters. The first kappa shape index (κ1) is 14.9. The van der Waals surface area contributed by atoms with E-state index in [0.717, 1.165) is 18.4 Å². The molecule has 3 rings (SSSR count). The van der Waals surface area contributed by atoms with Crippen LogP contribution in [0.5, 0.6) is 0 Å². The first-order valence-electron chi connectivity index (χ1n) is 7.92. The number of amides is 1. The van der Waals surface area contributed by atoms with Crippen LogP contribution in [0.15, 0.2) is 30.5 Å². The van der Waals surface area contributed by atoms with E-state index < -0.39 is 6.10 Å². The lowest BCUT2D eigenvalue weighted by atomic mass is 9.85. The number of nitrogens with zero attached hydrogens (tertiary/aromatic N) is 2. The Morgan fingerprint density at radius 1 is 1.23 bits per heavy atom. The number of benzene rings is 1. The average molecular weight is 299 g/mol. The van der Waals surface area contributed by atoms with Crippen molar-refractivity contribution in [1.82, 2.24) is 15.3 Å². The second kappa shape index (κ2) is 6.83. The predicted molar refractivity (Wildman–Crippen MR) is 84.5 cm³/mol. The molecular formula is C17H21N3O2. The third kappa shape index (κ3) is 3.42. The van der Waals surface area contributed by atoms with Crippen molar-refractivity contribution < 1.29 is 9.90 Å². The summed E-state index contributed by atoms with van der Waals surface area (Å²) < 4.78 is 0. The monoisotopic (exact) mass is 299 g/mol. The number of aliphatic hydroxyl groups is 1. The second-order valence-electron chi connectivity index (χ2n) is 5.92. The van der Waals surface area contributed by atoms with Gasteiger partial charge in [0.15, 0.2) is 0 Å². The molecule has 5 nitrogen and oxygen atoms in total. The van der Waals surface area contributed by atoms with Crippen LogP contribution >= 0.6 is 0 Å². The van der Waals surface area contributed by atoms with Crippen molar-refractivity contribution in [3.8, 4) is 0 Å². The Balaban J connectivity index is 1.60. The minimum atomic E-state index is -0.474. The number of hydrogen-bond acceptors (Lipinski definition) is 4. The van der Waals surface area contributed by atoms with Gasteiger partial charge in [0.2, 0.25) is 0 Å². The number of carbonyl (C=O) groups excluding carboxylic acids is 1. The van der Waals surface area contributed by atoms with Crippen LogP contribution in [-0.2, 0) is 0 Å². The summed E-state index contributed by atoms with van der Waals surface area (Å²) in [5, 5.41) is 13.0. The molecule has 1 heterocycles. The third-order valence-corrected chi connectivity index (χ3v) is 4.35. The Morgan fingerprint density at radius 2 is 1.95 bits per heavy atom. The fraction of sp³-hybridized carbons (Fsp3) is 0.471. The van der Waals surface area contributed by atoms with Gasteiger partial charge in [-0.05, 0) is 30.9 Å². The summed E-state index contributed by atoms with van der Waals surface area (Å²) in [6.45, 7) is 0.276. The number of carbonyl (C=O) groups is 1. The SMILES string of the molecule is O=C(NC[C@H](O)C1CCCCC1)c1cnc2ccccc2n1. The molecule has 2 aromatic rings. The number of aromatic nitrogens is 2. The third-order valence-electron chi connectivity index (χ3n) is 4.35. The Bertz CT molecular complexity index is 653. The number of fused-ring (bicyclic) bond motifs is 1. The molecular weight excluding hydrogens is 278 g/mol. The molecule has 1 saturated carbocycles. The number of hydrogen-bond donors (Lipinski definition) is 2. The summed E-state index contributed by atoms with van der Waals surface area (Å²) >= 11 is 0. The van der Waals surface area contributed by atoms with Crippen molar-refractivity contribution in [3.63, 3.8) is 0 Å². The predicted octanol–water partition coefficient (Wildman–Crippen LogP) is 2.30. The molecule has 5 heteroatoms. The van der Waals surface area contributed by atoms with Crippen LogP contribution in [0, 0.1) is 5.92 Å². The molecule has 2 N–H and O–H groups in total. The normalized spacial score (nSPS) is 17.3. The van der Waals surface area contributed by atoms with Crippen molar-refractivity contribution in [1.29, 1.82) is 0 Å². The van der Waals surface area contributed by atoms with Gasteiger partial charge in [0, 0.05) is 6.54 Å². The van der Waals surface area contributed by atoms with E-state index in [-0.39, 0.29) is 18.1 Å². The summed E-state index contributed by atoms with van der Waals surface area (Å²) in [5.74, 6) is 0.0184. The van der Waals surface area contributed by atoms with Crippen LogP contribution in [0.2, 0.25) is 0 Å². The molecule has 1 aromatic carbocycles. The molecule has 0 aliphatic heterocycles. The van der Waals surface area contributed by atoms with Gasteiger partial charge in [-0.15, -0.1) is 0 Å². The Labute approximate surface area is 129 Å². The smallest absolute Gasteiger partial charge is 0.271 e. The highest BCUT2D eigenvalue weighted by atomic mass is 16.3. The van der Waals surface area contributed by atoms with Crippen molar-refractivity contribution >= 4 is 16.9 Å². The summed E-state index contributed by atoms with van der Waals surface area (Å²) in [4.78, 5) is 20.7. The Hall–Kier alpha value is -2.01. The van der Waals surface area contributed by atoms with Crippen LogP contribution in [-0.4, -0.2) is 33.6 Å². The van der Waals surface area contributed by atoms with Gasteiger partial charge in [-0.25, -0.2) is 4.98 Å². The highest BCUT2D eigenvalue weighted by Crippen LogP contribution is 2.26. The van der Waals surface area contributed by atoms with Gasteiger partial charge < -0.3 is 10.4 Å². The first-order valence-corrected chi connectivity index (χ1v) is 7.92. The summed E-state index contributed by atoms with van der Waals surface area (Å²) in [6, 6.07) is 7.44. The van der Waals surface area contributed by atoms with Gasteiger partial charge in [0.05, 0.1) is 23.3 Å². The molecule has 0 saturated heterocycles. The molecule has 1 aliphatic carbocycles. The fourth-order valence-electron chi connectivity index (χ4n) is 3.04. The molecule has 1 aromatic heterocycles. The topological polar surface area (TPSA) is 75.1 Å². The van der Waals surface area contributed by atoms with Crippen LogP contribution in [0.25, 0.3) is 11.0 Å². The van der Waals surface area contributed by atoms with Gasteiger partial charge in [0.25, 0.3) is 5.91 Å². The summed E-state index contributed by atoms with van der Waals surface area (Å²) in [6.07, 6.45) is 6.70. The lowest BCUT2D eigenvalue weighted by Crippen LogP contribution is -2.37. The molecule has 0 bridgehead atoms. The molecule has 22 heavy (non-hydrogen) atoms. The van der Waals surface area contributed by atoms with Gasteiger partial charge in [0.1, 0.15) is 5.69 Å². The van der Waals surface area contributed by atoms with Gasteiger partial charge in [-0.2, -0.15) is 0 Å². The van der Waals surface area contributed by atoms with Crippen LogP contribution in [0.1, 0.15) is 42.6 Å². The molecule has 0 spiro atoms. The fourth-order valence-corrected chi connectivity index (χ4v) is 3.04. The highest BCUT2D eigenvalue weighted by molar-refractivity contribution is 5.93. The quantitative estimate of drug-likeness (QED) is 0.908. The van der Waals surface area contributed by atoms with Gasteiger partial charge >= 0.3 is 0 Å². The molecule has 1 fully saturated rings. The van der Waals surface area contributed by atoms with E-state index >= 15 is 0 Å². The van der Waals surface area contributed by atoms with E-state index in [9.17, 15) is 9.90 Å². The van der Waals surface area contributed by atoms with E-state index in [0.29, 0.717) is 11.4 Å². The van der Waals surface area contributed by atoms with E-state index in [1.807, 2.05) is 24.3 Å². The van der Waals surface area contributed by atoms with Gasteiger partial charge in [-0.1, -0.05) is 31.4 Å². The molecule has 1 atom stereocenters. The first-order chi connectivity index (χ1) is 10.7. The molecule has 0 radical (unpaired) electrons. The van der Waals surface area contributed by atoms with Crippen molar-refractivity contribution in [2.24, 2.45) is 5.92 Å². The number of para-hydroxylation sites is 2. The minimum absolute atomic E-state index is 0.276. The number of nitrogens with one attached hydrogen (secondary N) is 1. The zero-order valence-corrected chi connectivity index (χ0v) is 12.5. The summed E-state index contributed by atoms with van der Waals surface area (Å²) in [5.41, 5.74) is 1.75. The largest absolute Gasteiger partial charge is 0.391 e. The van der Waals surface area contributed by atoms with Crippen molar-refractivity contribution in [2.75, 3.05) is 6.54 Å². The standard InChI is InChI=1S/C17H21N3O2/c21-16(12-6-2-1-3-7-12)11-19-17(22)15-10-18-13-8-4-5-9-14(13)20-15/h4-5,8-10,12,16,21H,1-3,6-7,11H2,(H,19,22)/t16-/m0/s1. The van der Waals surface area contributed by atoms with Gasteiger partial charge in [-0.3, -0.25) is 9.78 Å². The Kier molecular flexibility index (Phi) is 4.63. The average Bonchev–Trinajstić information content (AvgIpc) is 2.59. The van der Waals surface area contributed by atoms with Crippen LogP contribution < -0.4 is 5.32 Å². The maximum Gasteiger partial charge on any atom is 0.271 e. The Morgan fingerprint density at radius 3 is 2.73 bits per heavy atom. The van der Waals surface area contributed by atoms with Crippen LogP contribution in [0.3, 0.4) is 0 Å². The lowest BCUT2D eigenvalue weighted by molar-refractivity contribution is 0.0736. The number of rotatable bonds is 4. The second-order valence-corrected chi connectivity index (χ2v) is 5.92. The highest BCUT2D eigenvalue weighted by Gasteiger charge is 2.22.